The molecule has 22 heavy (non-hydrogen) atoms. The predicted molar refractivity (Wildman–Crippen MR) is 93.4 cm³/mol. The van der Waals surface area contributed by atoms with Gasteiger partial charge in [0.25, 0.3) is 0 Å². The molecular formula is C19H24N2O. The number of anilines is 2. The zero-order valence-electron chi connectivity index (χ0n) is 13.5. The normalized spacial score (nSPS) is 10.5. The molecule has 0 unspecified atom stereocenters. The molecule has 3 nitrogen and oxygen atoms in total. The Morgan fingerprint density at radius 2 is 1.77 bits per heavy atom. The number of carbonyl (C=O) groups excluding carboxylic acids is 1. The highest BCUT2D eigenvalue weighted by atomic mass is 16.1. The lowest BCUT2D eigenvalue weighted by atomic mass is 9.98. The van der Waals surface area contributed by atoms with E-state index in [1.807, 2.05) is 30.3 Å². The van der Waals surface area contributed by atoms with Crippen LogP contribution in [0.4, 0.5) is 11.4 Å². The van der Waals surface area contributed by atoms with Gasteiger partial charge in [-0.3, -0.25) is 4.79 Å². The molecule has 0 aliphatic carbocycles. The third-order valence-electron chi connectivity index (χ3n) is 3.64. The van der Waals surface area contributed by atoms with E-state index in [4.69, 9.17) is 0 Å². The molecule has 0 fully saturated rings. The number of hydrogen-bond acceptors (Lipinski definition) is 2. The van der Waals surface area contributed by atoms with Crippen molar-refractivity contribution in [2.24, 2.45) is 0 Å². The summed E-state index contributed by atoms with van der Waals surface area (Å²) in [6, 6.07) is 15.9. The molecule has 0 spiro atoms. The summed E-state index contributed by atoms with van der Waals surface area (Å²) in [6.45, 7) is 7.09. The molecule has 0 saturated carbocycles. The highest BCUT2D eigenvalue weighted by Crippen LogP contribution is 2.27. The van der Waals surface area contributed by atoms with Crippen LogP contribution >= 0.6 is 0 Å². The molecule has 0 radical (unpaired) electrons. The van der Waals surface area contributed by atoms with Crippen LogP contribution in [0.1, 0.15) is 37.3 Å². The summed E-state index contributed by atoms with van der Waals surface area (Å²) in [6.07, 6.45) is 0.445. The summed E-state index contributed by atoms with van der Waals surface area (Å²) in [5.74, 6) is 0.485. The van der Waals surface area contributed by atoms with Crippen molar-refractivity contribution in [2.45, 2.75) is 33.1 Å². The summed E-state index contributed by atoms with van der Waals surface area (Å²) >= 11 is 0. The summed E-state index contributed by atoms with van der Waals surface area (Å²) in [5.41, 5.74) is 4.51. The Hall–Kier alpha value is -2.29. The van der Waals surface area contributed by atoms with E-state index in [1.54, 1.807) is 0 Å². The molecule has 2 aromatic carbocycles. The van der Waals surface area contributed by atoms with Crippen molar-refractivity contribution in [2.75, 3.05) is 17.2 Å². The summed E-state index contributed by atoms with van der Waals surface area (Å²) in [5, 5.41) is 6.32. The van der Waals surface area contributed by atoms with Gasteiger partial charge < -0.3 is 10.6 Å². The Morgan fingerprint density at radius 1 is 1.05 bits per heavy atom. The predicted octanol–water partition coefficient (Wildman–Crippen LogP) is 4.56. The highest BCUT2D eigenvalue weighted by molar-refractivity contribution is 5.90. The third-order valence-corrected chi connectivity index (χ3v) is 3.64. The molecule has 0 heterocycles. The van der Waals surface area contributed by atoms with Crippen LogP contribution in [0, 0.1) is 6.92 Å². The Balaban J connectivity index is 1.90. The number of hydrogen-bond donors (Lipinski definition) is 2. The van der Waals surface area contributed by atoms with Gasteiger partial charge >= 0.3 is 0 Å². The van der Waals surface area contributed by atoms with Crippen LogP contribution in [0.3, 0.4) is 0 Å². The van der Waals surface area contributed by atoms with Crippen LogP contribution in [0.15, 0.2) is 48.5 Å². The number of nitrogens with one attached hydrogen (secondary N) is 2. The van der Waals surface area contributed by atoms with Gasteiger partial charge in [-0.25, -0.2) is 0 Å². The fraction of sp³-hybridized carbons (Fsp3) is 0.316. The summed E-state index contributed by atoms with van der Waals surface area (Å²) in [4.78, 5) is 12.0. The Morgan fingerprint density at radius 3 is 2.45 bits per heavy atom. The molecule has 0 atom stereocenters. The SMILES string of the molecule is Cc1cccc(C(C)C)c1NCCC(=O)Nc1ccccc1. The number of benzene rings is 2. The van der Waals surface area contributed by atoms with Gasteiger partial charge in [0.1, 0.15) is 0 Å². The van der Waals surface area contributed by atoms with Gasteiger partial charge in [0.05, 0.1) is 0 Å². The fourth-order valence-corrected chi connectivity index (χ4v) is 2.46. The minimum absolute atomic E-state index is 0.0263. The van der Waals surface area contributed by atoms with Crippen molar-refractivity contribution in [3.63, 3.8) is 0 Å². The molecule has 3 heteroatoms. The van der Waals surface area contributed by atoms with E-state index in [2.05, 4.69) is 49.6 Å². The molecule has 0 saturated heterocycles. The minimum Gasteiger partial charge on any atom is -0.384 e. The number of para-hydroxylation sites is 2. The molecule has 0 aromatic heterocycles. The zero-order valence-corrected chi connectivity index (χ0v) is 13.5. The van der Waals surface area contributed by atoms with Crippen LogP contribution in [0.5, 0.6) is 0 Å². The second-order valence-electron chi connectivity index (χ2n) is 5.78. The number of carbonyl (C=O) groups is 1. The van der Waals surface area contributed by atoms with Crippen molar-refractivity contribution in [3.05, 3.63) is 59.7 Å². The quantitative estimate of drug-likeness (QED) is 0.820. The van der Waals surface area contributed by atoms with Crippen molar-refractivity contribution in [3.8, 4) is 0 Å². The van der Waals surface area contributed by atoms with Crippen molar-refractivity contribution >= 4 is 17.3 Å². The Kier molecular flexibility index (Phi) is 5.59. The van der Waals surface area contributed by atoms with Crippen LogP contribution in [-0.4, -0.2) is 12.5 Å². The van der Waals surface area contributed by atoms with Crippen LogP contribution < -0.4 is 10.6 Å². The molecule has 1 amide bonds. The lowest BCUT2D eigenvalue weighted by Gasteiger charge is -2.17. The van der Waals surface area contributed by atoms with Gasteiger partial charge in [0.2, 0.25) is 5.91 Å². The Bertz CT molecular complexity index is 621. The van der Waals surface area contributed by atoms with E-state index >= 15 is 0 Å². The molecule has 0 bridgehead atoms. The number of aryl methyl sites for hydroxylation is 1. The molecular weight excluding hydrogens is 272 g/mol. The Labute approximate surface area is 132 Å². The van der Waals surface area contributed by atoms with E-state index in [1.165, 1.54) is 11.1 Å². The van der Waals surface area contributed by atoms with Gasteiger partial charge in [-0.1, -0.05) is 50.2 Å². The maximum Gasteiger partial charge on any atom is 0.226 e. The standard InChI is InChI=1S/C19H24N2O/c1-14(2)17-11-7-8-15(3)19(17)20-13-12-18(22)21-16-9-5-4-6-10-16/h4-11,14,20H,12-13H2,1-3H3,(H,21,22). The van der Waals surface area contributed by atoms with Gasteiger partial charge in [-0.2, -0.15) is 0 Å². The average Bonchev–Trinajstić information content (AvgIpc) is 2.49. The van der Waals surface area contributed by atoms with Crippen LogP contribution in [-0.2, 0) is 4.79 Å². The average molecular weight is 296 g/mol. The maximum absolute atomic E-state index is 12.0. The van der Waals surface area contributed by atoms with E-state index in [-0.39, 0.29) is 5.91 Å². The van der Waals surface area contributed by atoms with Gasteiger partial charge in [-0.05, 0) is 36.1 Å². The first kappa shape index (κ1) is 16.1. The van der Waals surface area contributed by atoms with Crippen LogP contribution in [0.2, 0.25) is 0 Å². The summed E-state index contributed by atoms with van der Waals surface area (Å²) < 4.78 is 0. The van der Waals surface area contributed by atoms with E-state index in [0.29, 0.717) is 18.9 Å². The molecule has 2 N–H and O–H groups in total. The second-order valence-corrected chi connectivity index (χ2v) is 5.78. The first-order valence-electron chi connectivity index (χ1n) is 7.76. The molecule has 0 aliphatic rings. The fourth-order valence-electron chi connectivity index (χ4n) is 2.46. The molecule has 116 valence electrons. The lowest BCUT2D eigenvalue weighted by Crippen LogP contribution is -2.17. The second kappa shape index (κ2) is 7.64. The number of amides is 1. The highest BCUT2D eigenvalue weighted by Gasteiger charge is 2.09. The van der Waals surface area contributed by atoms with E-state index in [0.717, 1.165) is 11.4 Å². The van der Waals surface area contributed by atoms with Crippen LogP contribution in [0.25, 0.3) is 0 Å². The zero-order chi connectivity index (χ0) is 15.9. The van der Waals surface area contributed by atoms with Gasteiger partial charge in [0, 0.05) is 24.3 Å². The summed E-state index contributed by atoms with van der Waals surface area (Å²) in [7, 11) is 0. The maximum atomic E-state index is 12.0. The smallest absolute Gasteiger partial charge is 0.226 e. The topological polar surface area (TPSA) is 41.1 Å². The monoisotopic (exact) mass is 296 g/mol. The molecule has 2 aromatic rings. The van der Waals surface area contributed by atoms with Crippen molar-refractivity contribution < 1.29 is 4.79 Å². The first-order valence-corrected chi connectivity index (χ1v) is 7.76. The first-order chi connectivity index (χ1) is 10.6. The third kappa shape index (κ3) is 4.35. The lowest BCUT2D eigenvalue weighted by molar-refractivity contribution is -0.115. The molecule has 0 aliphatic heterocycles. The number of rotatable bonds is 6. The van der Waals surface area contributed by atoms with Gasteiger partial charge in [-0.15, -0.1) is 0 Å². The van der Waals surface area contributed by atoms with E-state index < -0.39 is 0 Å². The minimum atomic E-state index is 0.0263. The van der Waals surface area contributed by atoms with Gasteiger partial charge in [0.15, 0.2) is 0 Å². The van der Waals surface area contributed by atoms with E-state index in [9.17, 15) is 4.79 Å². The van der Waals surface area contributed by atoms with Crippen molar-refractivity contribution in [1.29, 1.82) is 0 Å². The largest absolute Gasteiger partial charge is 0.384 e. The van der Waals surface area contributed by atoms with Crippen molar-refractivity contribution in [1.82, 2.24) is 0 Å². The molecule has 2 rings (SSSR count).